The van der Waals surface area contributed by atoms with Gasteiger partial charge in [0.25, 0.3) is 0 Å². The van der Waals surface area contributed by atoms with E-state index in [-0.39, 0.29) is 18.2 Å². The molecule has 0 saturated carbocycles. The molecule has 1 fully saturated rings. The highest BCUT2D eigenvalue weighted by molar-refractivity contribution is 5.90. The van der Waals surface area contributed by atoms with Gasteiger partial charge in [-0.1, -0.05) is 17.3 Å². The molecule has 1 N–H and O–H groups in total. The molecule has 1 aromatic carbocycles. The lowest BCUT2D eigenvalue weighted by atomic mass is 10.0. The Morgan fingerprint density at radius 3 is 3.00 bits per heavy atom. The van der Waals surface area contributed by atoms with Gasteiger partial charge in [-0.05, 0) is 24.6 Å². The van der Waals surface area contributed by atoms with Gasteiger partial charge in [-0.2, -0.15) is 0 Å². The molecule has 0 aliphatic carbocycles. The van der Waals surface area contributed by atoms with Crippen LogP contribution in [0.5, 0.6) is 0 Å². The lowest BCUT2D eigenvalue weighted by Gasteiger charge is -2.35. The largest absolute Gasteiger partial charge is 0.361 e. The Hall–Kier alpha value is -2.70. The van der Waals surface area contributed by atoms with Crippen molar-refractivity contribution in [3.63, 3.8) is 0 Å². The highest BCUT2D eigenvalue weighted by Crippen LogP contribution is 2.25. The number of aryl methyl sites for hydroxylation is 1. The maximum absolute atomic E-state index is 13.5. The normalized spacial score (nSPS) is 17.9. The molecule has 2 heterocycles. The molecule has 7 heteroatoms. The summed E-state index contributed by atoms with van der Waals surface area (Å²) in [6.07, 6.45) is 0.0138. The Bertz CT molecular complexity index is 744. The number of nitrogens with zero attached hydrogens (tertiary/aromatic N) is 2. The number of carbonyl (C=O) groups excluding carboxylic acids is 2. The van der Waals surface area contributed by atoms with Crippen LogP contribution in [-0.4, -0.2) is 35.0 Å². The van der Waals surface area contributed by atoms with Crippen molar-refractivity contribution in [3.8, 4) is 0 Å². The lowest BCUT2D eigenvalue weighted by molar-refractivity contribution is -0.143. The zero-order valence-corrected chi connectivity index (χ0v) is 12.6. The van der Waals surface area contributed by atoms with E-state index in [1.165, 1.54) is 23.1 Å². The first-order chi connectivity index (χ1) is 11.0. The van der Waals surface area contributed by atoms with Gasteiger partial charge in [-0.25, -0.2) is 4.39 Å². The quantitative estimate of drug-likeness (QED) is 0.927. The summed E-state index contributed by atoms with van der Waals surface area (Å²) >= 11 is 0. The zero-order chi connectivity index (χ0) is 16.4. The predicted octanol–water partition coefficient (Wildman–Crippen LogP) is 1.36. The van der Waals surface area contributed by atoms with Crippen LogP contribution in [-0.2, 0) is 16.0 Å². The average Bonchev–Trinajstić information content (AvgIpc) is 2.92. The van der Waals surface area contributed by atoms with E-state index in [2.05, 4.69) is 10.5 Å². The number of amides is 2. The first-order valence-electron chi connectivity index (χ1n) is 7.29. The molecule has 0 spiro atoms. The van der Waals surface area contributed by atoms with Gasteiger partial charge in [0.15, 0.2) is 0 Å². The van der Waals surface area contributed by atoms with Crippen molar-refractivity contribution in [3.05, 3.63) is 53.2 Å². The van der Waals surface area contributed by atoms with E-state index in [0.29, 0.717) is 30.1 Å². The molecule has 0 bridgehead atoms. The van der Waals surface area contributed by atoms with Gasteiger partial charge < -0.3 is 14.7 Å². The second-order valence-corrected chi connectivity index (χ2v) is 5.45. The summed E-state index contributed by atoms with van der Waals surface area (Å²) in [6.45, 7) is 2.49. The Kier molecular flexibility index (Phi) is 4.10. The van der Waals surface area contributed by atoms with Crippen molar-refractivity contribution < 1.29 is 18.5 Å². The molecule has 1 atom stereocenters. The van der Waals surface area contributed by atoms with Crippen LogP contribution in [0, 0.1) is 12.7 Å². The van der Waals surface area contributed by atoms with E-state index in [9.17, 15) is 14.0 Å². The van der Waals surface area contributed by atoms with E-state index >= 15 is 0 Å². The third-order valence-corrected chi connectivity index (χ3v) is 3.70. The Labute approximate surface area is 132 Å². The van der Waals surface area contributed by atoms with Gasteiger partial charge in [0.2, 0.25) is 11.8 Å². The molecule has 0 unspecified atom stereocenters. The molecule has 1 aliphatic heterocycles. The van der Waals surface area contributed by atoms with Crippen molar-refractivity contribution in [2.75, 3.05) is 13.1 Å². The summed E-state index contributed by atoms with van der Waals surface area (Å²) in [6, 6.07) is 6.57. The topological polar surface area (TPSA) is 75.4 Å². The SMILES string of the molecule is Cc1cc(CC(=O)N2CCNC(=O)[C@H]2c2cccc(F)c2)on1. The molecule has 3 rings (SSSR count). The first kappa shape index (κ1) is 15.2. The van der Waals surface area contributed by atoms with Gasteiger partial charge >= 0.3 is 0 Å². The highest BCUT2D eigenvalue weighted by atomic mass is 19.1. The van der Waals surface area contributed by atoms with Crippen molar-refractivity contribution >= 4 is 11.8 Å². The number of carbonyl (C=O) groups is 2. The Morgan fingerprint density at radius 1 is 1.48 bits per heavy atom. The maximum Gasteiger partial charge on any atom is 0.247 e. The zero-order valence-electron chi connectivity index (χ0n) is 12.6. The minimum absolute atomic E-state index is 0.0138. The monoisotopic (exact) mass is 317 g/mol. The lowest BCUT2D eigenvalue weighted by Crippen LogP contribution is -2.52. The number of rotatable bonds is 3. The number of benzene rings is 1. The number of piperazine rings is 1. The second-order valence-electron chi connectivity index (χ2n) is 5.45. The molecule has 2 aromatic rings. The summed E-state index contributed by atoms with van der Waals surface area (Å²) in [5, 5.41) is 6.46. The van der Waals surface area contributed by atoms with Crippen molar-refractivity contribution in [1.82, 2.24) is 15.4 Å². The third kappa shape index (κ3) is 3.23. The van der Waals surface area contributed by atoms with Gasteiger partial charge in [0.1, 0.15) is 17.6 Å². The second kappa shape index (κ2) is 6.20. The third-order valence-electron chi connectivity index (χ3n) is 3.70. The molecule has 23 heavy (non-hydrogen) atoms. The molecule has 1 aliphatic rings. The van der Waals surface area contributed by atoms with Crippen molar-refractivity contribution in [2.24, 2.45) is 0 Å². The summed E-state index contributed by atoms with van der Waals surface area (Å²) in [5.74, 6) is -0.579. The summed E-state index contributed by atoms with van der Waals surface area (Å²) in [5.41, 5.74) is 1.13. The minimum atomic E-state index is -0.837. The molecule has 0 radical (unpaired) electrons. The predicted molar refractivity (Wildman–Crippen MR) is 78.8 cm³/mol. The van der Waals surface area contributed by atoms with Crippen LogP contribution in [0.25, 0.3) is 0 Å². The fourth-order valence-corrected chi connectivity index (χ4v) is 2.69. The maximum atomic E-state index is 13.5. The van der Waals surface area contributed by atoms with Gasteiger partial charge in [-0.3, -0.25) is 9.59 Å². The van der Waals surface area contributed by atoms with Crippen LogP contribution in [0.3, 0.4) is 0 Å². The van der Waals surface area contributed by atoms with Crippen molar-refractivity contribution in [1.29, 1.82) is 0 Å². The highest BCUT2D eigenvalue weighted by Gasteiger charge is 2.34. The van der Waals surface area contributed by atoms with E-state index in [1.807, 2.05) is 0 Å². The number of hydrogen-bond acceptors (Lipinski definition) is 4. The molecule has 6 nitrogen and oxygen atoms in total. The molecule has 2 amide bonds. The van der Waals surface area contributed by atoms with Gasteiger partial charge in [-0.15, -0.1) is 0 Å². The van der Waals surface area contributed by atoms with Crippen molar-refractivity contribution in [2.45, 2.75) is 19.4 Å². The molecule has 1 aromatic heterocycles. The number of hydrogen-bond donors (Lipinski definition) is 1. The number of halogens is 1. The van der Waals surface area contributed by atoms with Gasteiger partial charge in [0.05, 0.1) is 12.1 Å². The van der Waals surface area contributed by atoms with E-state index in [4.69, 9.17) is 4.52 Å². The fourth-order valence-electron chi connectivity index (χ4n) is 2.69. The van der Waals surface area contributed by atoms with Crippen LogP contribution in [0.4, 0.5) is 4.39 Å². The molecular formula is C16H16FN3O3. The van der Waals surface area contributed by atoms with Crippen LogP contribution in [0.15, 0.2) is 34.9 Å². The minimum Gasteiger partial charge on any atom is -0.361 e. The van der Waals surface area contributed by atoms with Gasteiger partial charge in [0, 0.05) is 19.2 Å². The van der Waals surface area contributed by atoms with E-state index < -0.39 is 11.9 Å². The summed E-state index contributed by atoms with van der Waals surface area (Å²) in [7, 11) is 0. The first-order valence-corrected chi connectivity index (χ1v) is 7.29. The standard InChI is InChI=1S/C16H16FN3O3/c1-10-7-13(23-19-10)9-14(21)20-6-5-18-16(22)15(20)11-3-2-4-12(17)8-11/h2-4,7-8,15H,5-6,9H2,1H3,(H,18,22)/t15-/m1/s1. The number of nitrogens with one attached hydrogen (secondary N) is 1. The molecule has 1 saturated heterocycles. The molecular weight excluding hydrogens is 301 g/mol. The Balaban J connectivity index is 1.85. The summed E-state index contributed by atoms with van der Waals surface area (Å²) < 4.78 is 18.5. The summed E-state index contributed by atoms with van der Waals surface area (Å²) in [4.78, 5) is 26.2. The smallest absolute Gasteiger partial charge is 0.247 e. The van der Waals surface area contributed by atoms with Crippen LogP contribution in [0.2, 0.25) is 0 Å². The molecule has 120 valence electrons. The van der Waals surface area contributed by atoms with Crippen LogP contribution in [0.1, 0.15) is 23.1 Å². The van der Waals surface area contributed by atoms with Crippen LogP contribution < -0.4 is 5.32 Å². The number of aromatic nitrogens is 1. The fraction of sp³-hybridized carbons (Fsp3) is 0.312. The van der Waals surface area contributed by atoms with E-state index in [0.717, 1.165) is 0 Å². The average molecular weight is 317 g/mol. The van der Waals surface area contributed by atoms with E-state index in [1.54, 1.807) is 19.1 Å². The Morgan fingerprint density at radius 2 is 2.30 bits per heavy atom. The van der Waals surface area contributed by atoms with Crippen LogP contribution >= 0.6 is 0 Å².